The van der Waals surface area contributed by atoms with Gasteiger partial charge in [0, 0.05) is 13.5 Å². The van der Waals surface area contributed by atoms with Crippen molar-refractivity contribution in [2.24, 2.45) is 0 Å². The Balaban J connectivity index is 2.53. The number of rotatable bonds is 4. The van der Waals surface area contributed by atoms with E-state index in [9.17, 15) is 9.59 Å². The maximum Gasteiger partial charge on any atom is 0.308 e. The van der Waals surface area contributed by atoms with E-state index in [4.69, 9.17) is 4.42 Å². The van der Waals surface area contributed by atoms with Crippen LogP contribution in [0.25, 0.3) is 0 Å². The van der Waals surface area contributed by atoms with E-state index in [1.54, 1.807) is 6.92 Å². The number of aromatic nitrogens is 2. The first kappa shape index (κ1) is 11.2. The van der Waals surface area contributed by atoms with Crippen molar-refractivity contribution in [3.8, 4) is 0 Å². The van der Waals surface area contributed by atoms with Crippen LogP contribution in [0, 0.1) is 0 Å². The van der Waals surface area contributed by atoms with E-state index in [2.05, 4.69) is 20.8 Å². The van der Waals surface area contributed by atoms with Crippen LogP contribution in [0.4, 0.5) is 0 Å². The van der Waals surface area contributed by atoms with Gasteiger partial charge in [-0.25, -0.2) is 0 Å². The summed E-state index contributed by atoms with van der Waals surface area (Å²) in [6.45, 7) is 1.87. The monoisotopic (exact) mass is 212 g/mol. The molecule has 0 aromatic carbocycles. The Bertz CT molecular complexity index is 361. The first-order chi connectivity index (χ1) is 7.17. The normalized spacial score (nSPS) is 9.73. The molecule has 0 fully saturated rings. The molecular weight excluding hydrogens is 200 g/mol. The molecule has 0 saturated carbocycles. The highest BCUT2D eigenvalue weighted by Gasteiger charge is 2.12. The lowest BCUT2D eigenvalue weighted by Crippen LogP contribution is -2.21. The minimum absolute atomic E-state index is 0.113. The van der Waals surface area contributed by atoms with Crippen molar-refractivity contribution in [3.63, 3.8) is 0 Å². The van der Waals surface area contributed by atoms with Gasteiger partial charge in [0.2, 0.25) is 11.8 Å². The molecule has 82 valence electrons. The summed E-state index contributed by atoms with van der Waals surface area (Å²) in [5.74, 6) is -0.473. The first-order valence-electron chi connectivity index (χ1n) is 4.48. The topological polar surface area (TPSA) is 97.1 Å². The summed E-state index contributed by atoms with van der Waals surface area (Å²) in [4.78, 5) is 21.9. The Kier molecular flexibility index (Phi) is 3.78. The average molecular weight is 212 g/mol. The Labute approximate surface area is 86.2 Å². The predicted octanol–water partition coefficient (Wildman–Crippen LogP) is -0.545. The fourth-order valence-electron chi connectivity index (χ4n) is 0.823. The number of carbonyl (C=O) groups excluding carboxylic acids is 2. The number of nitrogens with zero attached hydrogens (tertiary/aromatic N) is 2. The molecule has 15 heavy (non-hydrogen) atoms. The van der Waals surface area contributed by atoms with Gasteiger partial charge in [0.05, 0.1) is 6.54 Å². The van der Waals surface area contributed by atoms with Crippen molar-refractivity contribution >= 4 is 11.8 Å². The van der Waals surface area contributed by atoms with Gasteiger partial charge < -0.3 is 15.1 Å². The molecule has 2 N–H and O–H groups in total. The molecule has 0 aliphatic rings. The van der Waals surface area contributed by atoms with Crippen molar-refractivity contribution in [1.82, 2.24) is 20.8 Å². The van der Waals surface area contributed by atoms with E-state index in [1.165, 1.54) is 7.05 Å². The van der Waals surface area contributed by atoms with Crippen LogP contribution in [0.5, 0.6) is 0 Å². The van der Waals surface area contributed by atoms with Crippen LogP contribution in [0.1, 0.15) is 29.9 Å². The minimum Gasteiger partial charge on any atom is -0.415 e. The van der Waals surface area contributed by atoms with Gasteiger partial charge in [-0.2, -0.15) is 0 Å². The molecule has 1 aromatic heterocycles. The number of nitrogens with one attached hydrogen (secondary N) is 2. The van der Waals surface area contributed by atoms with E-state index < -0.39 is 5.91 Å². The Morgan fingerprint density at radius 2 is 2.13 bits per heavy atom. The van der Waals surface area contributed by atoms with E-state index in [-0.39, 0.29) is 24.2 Å². The summed E-state index contributed by atoms with van der Waals surface area (Å²) in [7, 11) is 1.46. The Morgan fingerprint density at radius 3 is 2.73 bits per heavy atom. The first-order valence-corrected chi connectivity index (χ1v) is 4.48. The quantitative estimate of drug-likeness (QED) is 0.698. The van der Waals surface area contributed by atoms with Crippen LogP contribution in [0.3, 0.4) is 0 Å². The molecule has 0 spiro atoms. The fraction of sp³-hybridized carbons (Fsp3) is 0.500. The molecule has 1 aromatic rings. The fourth-order valence-corrected chi connectivity index (χ4v) is 0.823. The highest BCUT2D eigenvalue weighted by atomic mass is 16.4. The summed E-state index contributed by atoms with van der Waals surface area (Å²) >= 11 is 0. The second-order valence-electron chi connectivity index (χ2n) is 2.71. The highest BCUT2D eigenvalue weighted by molar-refractivity contribution is 5.89. The Hall–Kier alpha value is -1.92. The largest absolute Gasteiger partial charge is 0.415 e. The van der Waals surface area contributed by atoms with Crippen molar-refractivity contribution in [2.45, 2.75) is 19.9 Å². The number of hydrogen-bond acceptors (Lipinski definition) is 5. The molecular formula is C8H12N4O3. The second-order valence-corrected chi connectivity index (χ2v) is 2.71. The standard InChI is InChI=1S/C8H12N4O3/c1-3-5(13)10-4-6-11-12-8(15-6)7(14)9-2/h3-4H2,1-2H3,(H,9,14)(H,10,13). The van der Waals surface area contributed by atoms with Gasteiger partial charge in [0.1, 0.15) is 0 Å². The third-order valence-corrected chi connectivity index (χ3v) is 1.65. The predicted molar refractivity (Wildman–Crippen MR) is 49.8 cm³/mol. The van der Waals surface area contributed by atoms with Gasteiger partial charge in [-0.15, -0.1) is 10.2 Å². The third kappa shape index (κ3) is 3.04. The van der Waals surface area contributed by atoms with E-state index in [1.807, 2.05) is 0 Å². The van der Waals surface area contributed by atoms with Gasteiger partial charge in [-0.3, -0.25) is 9.59 Å². The summed E-state index contributed by atoms with van der Waals surface area (Å²) in [6, 6.07) is 0. The molecule has 0 saturated heterocycles. The molecule has 0 aliphatic heterocycles. The molecule has 1 heterocycles. The molecule has 0 aliphatic carbocycles. The molecule has 7 nitrogen and oxygen atoms in total. The lowest BCUT2D eigenvalue weighted by Gasteiger charge is -1.97. The van der Waals surface area contributed by atoms with Crippen LogP contribution in [0.2, 0.25) is 0 Å². The third-order valence-electron chi connectivity index (χ3n) is 1.65. The van der Waals surface area contributed by atoms with Crippen LogP contribution >= 0.6 is 0 Å². The maximum absolute atomic E-state index is 11.0. The minimum atomic E-state index is -0.449. The van der Waals surface area contributed by atoms with Crippen molar-refractivity contribution in [3.05, 3.63) is 11.8 Å². The summed E-state index contributed by atoms with van der Waals surface area (Å²) < 4.78 is 4.98. The summed E-state index contributed by atoms with van der Waals surface area (Å²) in [5.41, 5.74) is 0. The maximum atomic E-state index is 11.0. The highest BCUT2D eigenvalue weighted by Crippen LogP contribution is 1.98. The van der Waals surface area contributed by atoms with Gasteiger partial charge >= 0.3 is 11.8 Å². The van der Waals surface area contributed by atoms with Crippen LogP contribution in [0.15, 0.2) is 4.42 Å². The zero-order chi connectivity index (χ0) is 11.3. The van der Waals surface area contributed by atoms with E-state index >= 15 is 0 Å². The smallest absolute Gasteiger partial charge is 0.308 e. The molecule has 0 radical (unpaired) electrons. The lowest BCUT2D eigenvalue weighted by molar-refractivity contribution is -0.121. The lowest BCUT2D eigenvalue weighted by atomic mass is 10.4. The zero-order valence-electron chi connectivity index (χ0n) is 8.53. The zero-order valence-corrected chi connectivity index (χ0v) is 8.53. The SMILES string of the molecule is CCC(=O)NCc1nnc(C(=O)NC)o1. The molecule has 7 heteroatoms. The van der Waals surface area contributed by atoms with Crippen molar-refractivity contribution < 1.29 is 14.0 Å². The molecule has 0 atom stereocenters. The molecule has 2 amide bonds. The molecule has 1 rings (SSSR count). The van der Waals surface area contributed by atoms with Crippen LogP contribution < -0.4 is 10.6 Å². The van der Waals surface area contributed by atoms with Crippen molar-refractivity contribution in [1.29, 1.82) is 0 Å². The van der Waals surface area contributed by atoms with Gasteiger partial charge in [-0.1, -0.05) is 6.92 Å². The summed E-state index contributed by atoms with van der Waals surface area (Å²) in [6.07, 6.45) is 0.385. The number of carbonyl (C=O) groups is 2. The van der Waals surface area contributed by atoms with E-state index in [0.717, 1.165) is 0 Å². The Morgan fingerprint density at radius 1 is 1.40 bits per heavy atom. The van der Waals surface area contributed by atoms with E-state index in [0.29, 0.717) is 6.42 Å². The average Bonchev–Trinajstić information content (AvgIpc) is 2.73. The molecule has 0 bridgehead atoms. The van der Waals surface area contributed by atoms with Crippen molar-refractivity contribution in [2.75, 3.05) is 7.05 Å². The summed E-state index contributed by atoms with van der Waals surface area (Å²) in [5, 5.41) is 12.0. The van der Waals surface area contributed by atoms with Gasteiger partial charge in [0.15, 0.2) is 0 Å². The van der Waals surface area contributed by atoms with Crippen LogP contribution in [-0.4, -0.2) is 29.1 Å². The molecule has 0 unspecified atom stereocenters. The van der Waals surface area contributed by atoms with Crippen LogP contribution in [-0.2, 0) is 11.3 Å². The van der Waals surface area contributed by atoms with Gasteiger partial charge in [0.25, 0.3) is 0 Å². The number of amides is 2. The van der Waals surface area contributed by atoms with Gasteiger partial charge in [-0.05, 0) is 0 Å². The number of hydrogen-bond donors (Lipinski definition) is 2. The second kappa shape index (κ2) is 5.08.